The number of ketones is 2. The highest BCUT2D eigenvalue weighted by Crippen LogP contribution is 2.62. The van der Waals surface area contributed by atoms with Crippen LogP contribution >= 0.6 is 0 Å². The van der Waals surface area contributed by atoms with Gasteiger partial charge in [0.2, 0.25) is 0 Å². The third kappa shape index (κ3) is 1.68. The van der Waals surface area contributed by atoms with Crippen molar-refractivity contribution < 1.29 is 9.59 Å². The smallest absolute Gasteiger partial charge is 0.157 e. The van der Waals surface area contributed by atoms with E-state index in [1.807, 2.05) is 6.08 Å². The number of carbonyl (C=O) groups is 2. The summed E-state index contributed by atoms with van der Waals surface area (Å²) >= 11 is 0. The van der Waals surface area contributed by atoms with Gasteiger partial charge in [0, 0.05) is 41.5 Å². The van der Waals surface area contributed by atoms with Gasteiger partial charge in [0.1, 0.15) is 5.78 Å². The van der Waals surface area contributed by atoms with Gasteiger partial charge >= 0.3 is 0 Å². The van der Waals surface area contributed by atoms with Crippen LogP contribution in [0.3, 0.4) is 0 Å². The molecule has 0 amide bonds. The molecule has 4 rings (SSSR count). The molecule has 0 aromatic heterocycles. The molecule has 1 N–H and O–H groups in total. The molecule has 0 radical (unpaired) electrons. The van der Waals surface area contributed by atoms with E-state index in [1.54, 1.807) is 0 Å². The molecule has 3 aliphatic carbocycles. The zero-order valence-corrected chi connectivity index (χ0v) is 13.9. The first-order valence-electron chi connectivity index (χ1n) is 8.91. The number of hydrogen-bond acceptors (Lipinski definition) is 3. The lowest BCUT2D eigenvalue weighted by atomic mass is 9.49. The summed E-state index contributed by atoms with van der Waals surface area (Å²) in [6, 6.07) is 0.366. The Morgan fingerprint density at radius 2 is 1.77 bits per heavy atom. The van der Waals surface area contributed by atoms with Crippen LogP contribution in [0, 0.1) is 28.6 Å². The predicted octanol–water partition coefficient (Wildman–Crippen LogP) is 3.24. The van der Waals surface area contributed by atoms with Crippen molar-refractivity contribution in [3.8, 4) is 0 Å². The molecule has 0 aromatic rings. The fourth-order valence-corrected chi connectivity index (χ4v) is 6.26. The van der Waals surface area contributed by atoms with Crippen molar-refractivity contribution in [2.45, 2.75) is 65.3 Å². The number of fused-ring (bicyclic) bond motifs is 5. The lowest BCUT2D eigenvalue weighted by Crippen LogP contribution is -2.60. The molecule has 6 atom stereocenters. The number of piperidine rings is 1. The standard InChI is InChI=1S/C19H27NO2/c1-11-17-13-4-5-16(22)19(13,3)9-7-14(17)18(2)8-6-12(21)10-15(18)20-11/h10-11,13-14,17,20H,4-9H2,1-3H3/t11-,13?,14?,17?,18?,19?/m1/s1. The Morgan fingerprint density at radius 1 is 1.05 bits per heavy atom. The van der Waals surface area contributed by atoms with Crippen molar-refractivity contribution in [1.29, 1.82) is 0 Å². The summed E-state index contributed by atoms with van der Waals surface area (Å²) in [4.78, 5) is 24.3. The largest absolute Gasteiger partial charge is 0.385 e. The zero-order valence-electron chi connectivity index (χ0n) is 13.9. The summed E-state index contributed by atoms with van der Waals surface area (Å²) in [7, 11) is 0. The fraction of sp³-hybridized carbons (Fsp3) is 0.789. The minimum absolute atomic E-state index is 0.0842. The van der Waals surface area contributed by atoms with Gasteiger partial charge in [-0.25, -0.2) is 0 Å². The number of allylic oxidation sites excluding steroid dienone is 2. The van der Waals surface area contributed by atoms with Gasteiger partial charge in [0.25, 0.3) is 0 Å². The monoisotopic (exact) mass is 301 g/mol. The van der Waals surface area contributed by atoms with Crippen LogP contribution in [-0.2, 0) is 9.59 Å². The number of carbonyl (C=O) groups excluding carboxylic acids is 2. The molecule has 2 saturated carbocycles. The van der Waals surface area contributed by atoms with Crippen LogP contribution in [0.4, 0.5) is 0 Å². The van der Waals surface area contributed by atoms with Crippen LogP contribution in [0.25, 0.3) is 0 Å². The average Bonchev–Trinajstić information content (AvgIpc) is 2.77. The maximum absolute atomic E-state index is 12.4. The molecule has 5 unspecified atom stereocenters. The normalized spacial score (nSPS) is 50.6. The minimum atomic E-state index is -0.0842. The Bertz CT molecular complexity index is 580. The second-order valence-corrected chi connectivity index (χ2v) is 8.58. The maximum Gasteiger partial charge on any atom is 0.157 e. The lowest BCUT2D eigenvalue weighted by Gasteiger charge is -2.59. The van der Waals surface area contributed by atoms with E-state index < -0.39 is 0 Å². The molecular formula is C19H27NO2. The van der Waals surface area contributed by atoms with Gasteiger partial charge in [-0.05, 0) is 50.4 Å². The molecule has 3 nitrogen and oxygen atoms in total. The Kier molecular flexibility index (Phi) is 2.93. The van der Waals surface area contributed by atoms with E-state index in [2.05, 4.69) is 26.1 Å². The van der Waals surface area contributed by atoms with E-state index in [0.29, 0.717) is 36.0 Å². The van der Waals surface area contributed by atoms with Gasteiger partial charge < -0.3 is 5.32 Å². The molecule has 0 aromatic carbocycles. The second kappa shape index (κ2) is 4.46. The first-order valence-corrected chi connectivity index (χ1v) is 8.91. The maximum atomic E-state index is 12.4. The first kappa shape index (κ1) is 14.5. The third-order valence-corrected chi connectivity index (χ3v) is 7.63. The predicted molar refractivity (Wildman–Crippen MR) is 85.1 cm³/mol. The summed E-state index contributed by atoms with van der Waals surface area (Å²) < 4.78 is 0. The van der Waals surface area contributed by atoms with Gasteiger partial charge in [-0.1, -0.05) is 13.8 Å². The molecule has 1 aliphatic heterocycles. The van der Waals surface area contributed by atoms with Gasteiger partial charge in [-0.15, -0.1) is 0 Å². The van der Waals surface area contributed by atoms with E-state index in [9.17, 15) is 9.59 Å². The molecule has 120 valence electrons. The Labute approximate surface area is 132 Å². The fourth-order valence-electron chi connectivity index (χ4n) is 6.26. The third-order valence-electron chi connectivity index (χ3n) is 7.63. The van der Waals surface area contributed by atoms with E-state index in [0.717, 1.165) is 32.1 Å². The highest BCUT2D eigenvalue weighted by Gasteiger charge is 2.60. The molecule has 1 heterocycles. The van der Waals surface area contributed by atoms with E-state index in [-0.39, 0.29) is 16.6 Å². The Hall–Kier alpha value is -1.12. The van der Waals surface area contributed by atoms with Crippen molar-refractivity contribution in [1.82, 2.24) is 5.32 Å². The highest BCUT2D eigenvalue weighted by molar-refractivity contribution is 5.91. The molecule has 0 bridgehead atoms. The van der Waals surface area contributed by atoms with Crippen LogP contribution in [0.1, 0.15) is 59.3 Å². The van der Waals surface area contributed by atoms with Crippen LogP contribution in [0.15, 0.2) is 11.8 Å². The summed E-state index contributed by atoms with van der Waals surface area (Å²) in [5.74, 6) is 2.47. The molecule has 22 heavy (non-hydrogen) atoms. The number of rotatable bonds is 0. The van der Waals surface area contributed by atoms with Crippen molar-refractivity contribution in [3.05, 3.63) is 11.8 Å². The summed E-state index contributed by atoms with van der Waals surface area (Å²) in [6.45, 7) is 6.82. The summed E-state index contributed by atoms with van der Waals surface area (Å²) in [5.41, 5.74) is 1.20. The van der Waals surface area contributed by atoms with Crippen molar-refractivity contribution in [3.63, 3.8) is 0 Å². The van der Waals surface area contributed by atoms with Crippen LogP contribution in [0.5, 0.6) is 0 Å². The first-order chi connectivity index (χ1) is 10.4. The molecular weight excluding hydrogens is 274 g/mol. The quantitative estimate of drug-likeness (QED) is 0.747. The van der Waals surface area contributed by atoms with Crippen LogP contribution in [0.2, 0.25) is 0 Å². The SMILES string of the molecule is C[C@H]1NC2=CC(=O)CCC2(C)C2CCC3(C)C(=O)CCC3C21. The summed E-state index contributed by atoms with van der Waals surface area (Å²) in [5, 5.41) is 3.66. The Morgan fingerprint density at radius 3 is 2.55 bits per heavy atom. The molecule has 1 saturated heterocycles. The topological polar surface area (TPSA) is 46.2 Å². The van der Waals surface area contributed by atoms with Gasteiger partial charge in [0.15, 0.2) is 5.78 Å². The zero-order chi connectivity index (χ0) is 15.7. The van der Waals surface area contributed by atoms with Crippen LogP contribution < -0.4 is 5.32 Å². The van der Waals surface area contributed by atoms with E-state index in [1.165, 1.54) is 5.70 Å². The number of Topliss-reactive ketones (excluding diaryl/α,β-unsaturated/α-hetero) is 1. The van der Waals surface area contributed by atoms with Crippen molar-refractivity contribution in [2.75, 3.05) is 0 Å². The minimum Gasteiger partial charge on any atom is -0.385 e. The highest BCUT2D eigenvalue weighted by atomic mass is 16.1. The van der Waals surface area contributed by atoms with E-state index in [4.69, 9.17) is 0 Å². The van der Waals surface area contributed by atoms with E-state index >= 15 is 0 Å². The van der Waals surface area contributed by atoms with Crippen LogP contribution in [-0.4, -0.2) is 17.6 Å². The van der Waals surface area contributed by atoms with Crippen molar-refractivity contribution in [2.24, 2.45) is 28.6 Å². The Balaban J connectivity index is 1.75. The second-order valence-electron chi connectivity index (χ2n) is 8.58. The number of hydrogen-bond donors (Lipinski definition) is 1. The number of nitrogens with one attached hydrogen (secondary N) is 1. The molecule has 3 fully saturated rings. The average molecular weight is 301 g/mol. The van der Waals surface area contributed by atoms with Gasteiger partial charge in [-0.2, -0.15) is 0 Å². The van der Waals surface area contributed by atoms with Crippen molar-refractivity contribution >= 4 is 11.6 Å². The van der Waals surface area contributed by atoms with Gasteiger partial charge in [-0.3, -0.25) is 9.59 Å². The summed E-state index contributed by atoms with van der Waals surface area (Å²) in [6.07, 6.45) is 7.53. The molecule has 3 heteroatoms. The lowest BCUT2D eigenvalue weighted by molar-refractivity contribution is -0.133. The molecule has 0 spiro atoms. The molecule has 4 aliphatic rings. The van der Waals surface area contributed by atoms with Gasteiger partial charge in [0.05, 0.1) is 0 Å².